The monoisotopic (exact) mass is 237 g/mol. The van der Waals surface area contributed by atoms with Crippen LogP contribution in [-0.4, -0.2) is 6.04 Å². The molecular weight excluding hydrogens is 218 g/mol. The molecule has 2 rings (SSSR count). The number of hydrogen-bond donors (Lipinski definition) is 1. The van der Waals surface area contributed by atoms with Crippen LogP contribution in [0.4, 0.5) is 0 Å². The first-order chi connectivity index (χ1) is 7.34. The predicted octanol–water partition coefficient (Wildman–Crippen LogP) is 3.48. The Hall–Kier alpha value is -0.790. The molecule has 1 aromatic carbocycles. The van der Waals surface area contributed by atoms with Gasteiger partial charge in [0.25, 0.3) is 0 Å². The van der Waals surface area contributed by atoms with E-state index in [1.54, 1.807) is 0 Å². The van der Waals surface area contributed by atoms with E-state index in [1.807, 2.05) is 0 Å². The van der Waals surface area contributed by atoms with Gasteiger partial charge in [0.05, 0.1) is 0 Å². The molecule has 88 valence electrons. The smallest absolute Gasteiger partial charge is 0.00763 e. The molecule has 0 fully saturated rings. The zero-order valence-electron chi connectivity index (χ0n) is 9.56. The lowest BCUT2D eigenvalue weighted by Crippen LogP contribution is -2.19. The Morgan fingerprint density at radius 1 is 1.19 bits per heavy atom. The van der Waals surface area contributed by atoms with Gasteiger partial charge in [-0.3, -0.25) is 0 Å². The SMILES string of the molecule is Cl.NC1CCCC=C(Cc2ccccc2)C1. The van der Waals surface area contributed by atoms with Crippen LogP contribution in [0.15, 0.2) is 42.0 Å². The summed E-state index contributed by atoms with van der Waals surface area (Å²) in [5.41, 5.74) is 8.96. The highest BCUT2D eigenvalue weighted by atomic mass is 35.5. The van der Waals surface area contributed by atoms with Crippen molar-refractivity contribution in [3.05, 3.63) is 47.5 Å². The first kappa shape index (κ1) is 13.3. The molecule has 0 aliphatic heterocycles. The Morgan fingerprint density at radius 3 is 2.69 bits per heavy atom. The molecule has 1 unspecified atom stereocenters. The summed E-state index contributed by atoms with van der Waals surface area (Å²) in [6.07, 6.45) is 8.17. The van der Waals surface area contributed by atoms with E-state index in [9.17, 15) is 0 Å². The van der Waals surface area contributed by atoms with Crippen molar-refractivity contribution in [1.29, 1.82) is 0 Å². The van der Waals surface area contributed by atoms with E-state index < -0.39 is 0 Å². The fourth-order valence-electron chi connectivity index (χ4n) is 2.21. The summed E-state index contributed by atoms with van der Waals surface area (Å²) in [7, 11) is 0. The number of nitrogens with two attached hydrogens (primary N) is 1. The van der Waals surface area contributed by atoms with E-state index in [0.29, 0.717) is 6.04 Å². The summed E-state index contributed by atoms with van der Waals surface area (Å²) in [6.45, 7) is 0. The van der Waals surface area contributed by atoms with Gasteiger partial charge >= 0.3 is 0 Å². The van der Waals surface area contributed by atoms with Crippen LogP contribution < -0.4 is 5.73 Å². The molecule has 0 aromatic heterocycles. The predicted molar refractivity (Wildman–Crippen MR) is 71.9 cm³/mol. The molecule has 0 amide bonds. The highest BCUT2D eigenvalue weighted by Gasteiger charge is 2.10. The van der Waals surface area contributed by atoms with Gasteiger partial charge in [-0.1, -0.05) is 42.0 Å². The lowest BCUT2D eigenvalue weighted by molar-refractivity contribution is 0.597. The maximum absolute atomic E-state index is 6.04. The Kier molecular flexibility index (Phi) is 5.58. The fraction of sp³-hybridized carbons (Fsp3) is 0.429. The Morgan fingerprint density at radius 2 is 1.94 bits per heavy atom. The lowest BCUT2D eigenvalue weighted by Gasteiger charge is -2.10. The normalized spacial score (nSPS) is 20.6. The third kappa shape index (κ3) is 3.99. The second-order valence-electron chi connectivity index (χ2n) is 4.42. The molecule has 2 N–H and O–H groups in total. The molecule has 1 aromatic rings. The van der Waals surface area contributed by atoms with Crippen molar-refractivity contribution in [2.75, 3.05) is 0 Å². The number of halogens is 1. The first-order valence-electron chi connectivity index (χ1n) is 5.82. The van der Waals surface area contributed by atoms with Crippen LogP contribution in [0, 0.1) is 0 Å². The maximum Gasteiger partial charge on any atom is 0.00763 e. The summed E-state index contributed by atoms with van der Waals surface area (Å²) in [5.74, 6) is 0. The quantitative estimate of drug-likeness (QED) is 0.784. The van der Waals surface area contributed by atoms with Gasteiger partial charge in [-0.2, -0.15) is 0 Å². The van der Waals surface area contributed by atoms with Crippen LogP contribution in [0.1, 0.15) is 31.2 Å². The molecule has 0 spiro atoms. The fourth-order valence-corrected chi connectivity index (χ4v) is 2.21. The first-order valence-corrected chi connectivity index (χ1v) is 5.82. The minimum Gasteiger partial charge on any atom is -0.327 e. The van der Waals surface area contributed by atoms with Crippen molar-refractivity contribution < 1.29 is 0 Å². The van der Waals surface area contributed by atoms with Crippen molar-refractivity contribution in [1.82, 2.24) is 0 Å². The third-order valence-corrected chi connectivity index (χ3v) is 3.01. The average molecular weight is 238 g/mol. The van der Waals surface area contributed by atoms with Crippen LogP contribution in [0.2, 0.25) is 0 Å². The number of hydrogen-bond acceptors (Lipinski definition) is 1. The van der Waals surface area contributed by atoms with Crippen LogP contribution in [0.3, 0.4) is 0 Å². The molecule has 0 heterocycles. The number of benzene rings is 1. The summed E-state index contributed by atoms with van der Waals surface area (Å²) in [5, 5.41) is 0. The van der Waals surface area contributed by atoms with Crippen LogP contribution >= 0.6 is 12.4 Å². The Bertz CT molecular complexity index is 332. The highest BCUT2D eigenvalue weighted by Crippen LogP contribution is 2.20. The Balaban J connectivity index is 0.00000128. The molecule has 0 saturated heterocycles. The van der Waals surface area contributed by atoms with Gasteiger partial charge in [-0.25, -0.2) is 0 Å². The van der Waals surface area contributed by atoms with Crippen molar-refractivity contribution in [2.24, 2.45) is 5.73 Å². The minimum atomic E-state index is 0. The van der Waals surface area contributed by atoms with Crippen LogP contribution in [0.5, 0.6) is 0 Å². The van der Waals surface area contributed by atoms with Gasteiger partial charge in [0.15, 0.2) is 0 Å². The Labute approximate surface area is 104 Å². The molecule has 16 heavy (non-hydrogen) atoms. The molecular formula is C14H20ClN. The topological polar surface area (TPSA) is 26.0 Å². The molecule has 1 aliphatic carbocycles. The summed E-state index contributed by atoms with van der Waals surface area (Å²) < 4.78 is 0. The van der Waals surface area contributed by atoms with E-state index in [1.165, 1.54) is 30.4 Å². The van der Waals surface area contributed by atoms with Crippen LogP contribution in [0.25, 0.3) is 0 Å². The molecule has 2 heteroatoms. The number of rotatable bonds is 2. The van der Waals surface area contributed by atoms with E-state index in [4.69, 9.17) is 5.73 Å². The van der Waals surface area contributed by atoms with Gasteiger partial charge in [-0.15, -0.1) is 12.4 Å². The zero-order chi connectivity index (χ0) is 10.5. The third-order valence-electron chi connectivity index (χ3n) is 3.01. The van der Waals surface area contributed by atoms with E-state index in [2.05, 4.69) is 36.4 Å². The van der Waals surface area contributed by atoms with Gasteiger partial charge in [0.1, 0.15) is 0 Å². The van der Waals surface area contributed by atoms with Crippen molar-refractivity contribution in [3.63, 3.8) is 0 Å². The summed E-state index contributed by atoms with van der Waals surface area (Å²) in [6, 6.07) is 11.0. The van der Waals surface area contributed by atoms with Crippen molar-refractivity contribution in [3.8, 4) is 0 Å². The van der Waals surface area contributed by atoms with E-state index in [0.717, 1.165) is 12.8 Å². The molecule has 1 aliphatic rings. The van der Waals surface area contributed by atoms with Crippen molar-refractivity contribution in [2.45, 2.75) is 38.1 Å². The maximum atomic E-state index is 6.04. The van der Waals surface area contributed by atoms with Crippen LogP contribution in [-0.2, 0) is 6.42 Å². The lowest BCUT2D eigenvalue weighted by atomic mass is 9.99. The highest BCUT2D eigenvalue weighted by molar-refractivity contribution is 5.85. The van der Waals surface area contributed by atoms with E-state index >= 15 is 0 Å². The number of allylic oxidation sites excluding steroid dienone is 1. The largest absolute Gasteiger partial charge is 0.327 e. The second-order valence-corrected chi connectivity index (χ2v) is 4.42. The molecule has 1 nitrogen and oxygen atoms in total. The molecule has 1 atom stereocenters. The van der Waals surface area contributed by atoms with Gasteiger partial charge in [0.2, 0.25) is 0 Å². The molecule has 0 bridgehead atoms. The average Bonchev–Trinajstić information content (AvgIpc) is 2.44. The summed E-state index contributed by atoms with van der Waals surface area (Å²) >= 11 is 0. The van der Waals surface area contributed by atoms with Gasteiger partial charge in [0, 0.05) is 6.04 Å². The molecule has 0 saturated carbocycles. The minimum absolute atomic E-state index is 0. The van der Waals surface area contributed by atoms with Crippen molar-refractivity contribution >= 4 is 12.4 Å². The van der Waals surface area contributed by atoms with Gasteiger partial charge < -0.3 is 5.73 Å². The molecule has 0 radical (unpaired) electrons. The van der Waals surface area contributed by atoms with E-state index in [-0.39, 0.29) is 12.4 Å². The zero-order valence-corrected chi connectivity index (χ0v) is 10.4. The second kappa shape index (κ2) is 6.72. The van der Waals surface area contributed by atoms with Gasteiger partial charge in [-0.05, 0) is 37.7 Å². The summed E-state index contributed by atoms with van der Waals surface area (Å²) in [4.78, 5) is 0. The standard InChI is InChI=1S/C14H19N.ClH/c15-14-9-5-4-8-13(11-14)10-12-6-2-1-3-7-12;/h1-3,6-8,14H,4-5,9-11,15H2;1H.